The highest BCUT2D eigenvalue weighted by molar-refractivity contribution is 6.00. The van der Waals surface area contributed by atoms with Crippen molar-refractivity contribution in [3.8, 4) is 0 Å². The van der Waals surface area contributed by atoms with E-state index in [0.29, 0.717) is 18.8 Å². The molecular formula is C17H17N3O3. The largest absolute Gasteiger partial charge is 0.370 e. The number of hydrogen-bond donors (Lipinski definition) is 2. The summed E-state index contributed by atoms with van der Waals surface area (Å²) in [6.07, 6.45) is 0. The molecule has 2 N–H and O–H groups in total. The van der Waals surface area contributed by atoms with Gasteiger partial charge in [0.15, 0.2) is 0 Å². The van der Waals surface area contributed by atoms with Gasteiger partial charge in [0.1, 0.15) is 6.61 Å². The minimum Gasteiger partial charge on any atom is -0.370 e. The van der Waals surface area contributed by atoms with Crippen molar-refractivity contribution in [3.05, 3.63) is 54.6 Å². The highest BCUT2D eigenvalue weighted by Gasteiger charge is 2.19. The summed E-state index contributed by atoms with van der Waals surface area (Å²) in [5.74, 6) is -0.0567. The Kier molecular flexibility index (Phi) is 4.54. The Bertz CT molecular complexity index is 686. The zero-order valence-electron chi connectivity index (χ0n) is 12.5. The Hall–Kier alpha value is -2.86. The Labute approximate surface area is 134 Å². The molecule has 2 aromatic carbocycles. The van der Waals surface area contributed by atoms with E-state index in [9.17, 15) is 9.59 Å². The van der Waals surface area contributed by atoms with Gasteiger partial charge in [-0.1, -0.05) is 18.2 Å². The fraction of sp³-hybridized carbons (Fsp3) is 0.176. The van der Waals surface area contributed by atoms with Gasteiger partial charge in [0.2, 0.25) is 0 Å². The van der Waals surface area contributed by atoms with E-state index in [0.717, 1.165) is 11.4 Å². The van der Waals surface area contributed by atoms with Crippen LogP contribution in [-0.2, 0) is 9.53 Å². The summed E-state index contributed by atoms with van der Waals surface area (Å²) in [4.78, 5) is 25.4. The number of carbonyl (C=O) groups excluding carboxylic acids is 2. The Morgan fingerprint density at radius 3 is 2.26 bits per heavy atom. The molecule has 6 heteroatoms. The van der Waals surface area contributed by atoms with Crippen LogP contribution in [0.2, 0.25) is 0 Å². The number of urea groups is 1. The van der Waals surface area contributed by atoms with E-state index < -0.39 is 0 Å². The number of ether oxygens (including phenoxy) is 1. The lowest BCUT2D eigenvalue weighted by atomic mass is 10.2. The fourth-order valence-corrected chi connectivity index (χ4v) is 2.33. The first-order chi connectivity index (χ1) is 11.2. The molecule has 0 bridgehead atoms. The Balaban J connectivity index is 1.61. The molecule has 2 aromatic rings. The van der Waals surface area contributed by atoms with Gasteiger partial charge in [0.05, 0.1) is 6.61 Å². The summed E-state index contributed by atoms with van der Waals surface area (Å²) in [7, 11) is 0. The molecule has 1 heterocycles. The summed E-state index contributed by atoms with van der Waals surface area (Å²) in [6.45, 7) is 1.19. The van der Waals surface area contributed by atoms with Gasteiger partial charge in [-0.25, -0.2) is 4.79 Å². The van der Waals surface area contributed by atoms with E-state index in [2.05, 4.69) is 10.6 Å². The average molecular weight is 311 g/mol. The number of carbonyl (C=O) groups is 2. The van der Waals surface area contributed by atoms with Crippen LogP contribution in [0.25, 0.3) is 0 Å². The molecule has 3 rings (SSSR count). The molecule has 1 fully saturated rings. The van der Waals surface area contributed by atoms with Crippen LogP contribution >= 0.6 is 0 Å². The van der Waals surface area contributed by atoms with Crippen LogP contribution in [0.1, 0.15) is 0 Å². The summed E-state index contributed by atoms with van der Waals surface area (Å²) in [5.41, 5.74) is 2.18. The first kappa shape index (κ1) is 15.1. The van der Waals surface area contributed by atoms with Crippen molar-refractivity contribution in [2.75, 3.05) is 35.3 Å². The van der Waals surface area contributed by atoms with E-state index in [1.54, 1.807) is 29.2 Å². The lowest BCUT2D eigenvalue weighted by Gasteiger charge is -2.26. The van der Waals surface area contributed by atoms with Gasteiger partial charge in [-0.3, -0.25) is 4.79 Å². The monoisotopic (exact) mass is 311 g/mol. The molecule has 1 aliphatic heterocycles. The molecule has 0 aliphatic carbocycles. The van der Waals surface area contributed by atoms with Crippen molar-refractivity contribution >= 4 is 29.0 Å². The van der Waals surface area contributed by atoms with E-state index in [-0.39, 0.29) is 18.5 Å². The van der Waals surface area contributed by atoms with Crippen molar-refractivity contribution in [1.82, 2.24) is 0 Å². The number of rotatable bonds is 3. The number of para-hydroxylation sites is 1. The van der Waals surface area contributed by atoms with Crippen LogP contribution in [0.4, 0.5) is 21.9 Å². The molecular weight excluding hydrogens is 294 g/mol. The summed E-state index contributed by atoms with van der Waals surface area (Å²) < 4.78 is 5.11. The third kappa shape index (κ3) is 3.87. The zero-order chi connectivity index (χ0) is 16.1. The lowest BCUT2D eigenvalue weighted by Crippen LogP contribution is -2.41. The molecule has 118 valence electrons. The second-order valence-electron chi connectivity index (χ2n) is 5.09. The fourth-order valence-electron chi connectivity index (χ4n) is 2.33. The first-order valence-electron chi connectivity index (χ1n) is 7.33. The third-order valence-corrected chi connectivity index (χ3v) is 3.45. The van der Waals surface area contributed by atoms with Crippen molar-refractivity contribution in [2.45, 2.75) is 0 Å². The quantitative estimate of drug-likeness (QED) is 0.915. The predicted molar refractivity (Wildman–Crippen MR) is 88.7 cm³/mol. The van der Waals surface area contributed by atoms with E-state index in [4.69, 9.17) is 4.74 Å². The normalized spacial score (nSPS) is 14.4. The Morgan fingerprint density at radius 2 is 1.61 bits per heavy atom. The maximum Gasteiger partial charge on any atom is 0.323 e. The average Bonchev–Trinajstić information content (AvgIpc) is 2.57. The maximum absolute atomic E-state index is 11.9. The van der Waals surface area contributed by atoms with Crippen LogP contribution in [0.15, 0.2) is 54.6 Å². The number of nitrogens with zero attached hydrogens (tertiary/aromatic N) is 1. The summed E-state index contributed by atoms with van der Waals surface area (Å²) in [5, 5.41) is 5.50. The number of benzene rings is 2. The highest BCUT2D eigenvalue weighted by Crippen LogP contribution is 2.19. The van der Waals surface area contributed by atoms with Gasteiger partial charge in [-0.2, -0.15) is 0 Å². The van der Waals surface area contributed by atoms with Crippen LogP contribution in [0.5, 0.6) is 0 Å². The molecule has 3 amide bonds. The van der Waals surface area contributed by atoms with Crippen LogP contribution in [0.3, 0.4) is 0 Å². The SMILES string of the molecule is O=C(Nc1ccccc1)Nc1ccc(N2CCOCC2=O)cc1. The molecule has 0 unspecified atom stereocenters. The number of morpholine rings is 1. The van der Waals surface area contributed by atoms with Crippen LogP contribution < -0.4 is 15.5 Å². The van der Waals surface area contributed by atoms with Gasteiger partial charge in [-0.15, -0.1) is 0 Å². The minimum atomic E-state index is -0.314. The van der Waals surface area contributed by atoms with Gasteiger partial charge in [-0.05, 0) is 36.4 Å². The van der Waals surface area contributed by atoms with Gasteiger partial charge in [0, 0.05) is 23.6 Å². The standard InChI is InChI=1S/C17H17N3O3/c21-16-12-23-11-10-20(16)15-8-6-14(7-9-15)19-17(22)18-13-4-2-1-3-5-13/h1-9H,10-12H2,(H2,18,19,22). The van der Waals surface area contributed by atoms with Crippen molar-refractivity contribution in [1.29, 1.82) is 0 Å². The van der Waals surface area contributed by atoms with Crippen LogP contribution in [0, 0.1) is 0 Å². The molecule has 1 saturated heterocycles. The number of nitrogens with one attached hydrogen (secondary N) is 2. The first-order valence-corrected chi connectivity index (χ1v) is 7.33. The smallest absolute Gasteiger partial charge is 0.323 e. The van der Waals surface area contributed by atoms with E-state index in [1.807, 2.05) is 30.3 Å². The topological polar surface area (TPSA) is 70.7 Å². The molecule has 0 spiro atoms. The lowest BCUT2D eigenvalue weighted by molar-refractivity contribution is -0.125. The summed E-state index contributed by atoms with van der Waals surface area (Å²) in [6, 6.07) is 16.0. The minimum absolute atomic E-state index is 0.0567. The zero-order valence-corrected chi connectivity index (χ0v) is 12.5. The van der Waals surface area contributed by atoms with Crippen molar-refractivity contribution in [3.63, 3.8) is 0 Å². The molecule has 0 radical (unpaired) electrons. The second-order valence-corrected chi connectivity index (χ2v) is 5.09. The summed E-state index contributed by atoms with van der Waals surface area (Å²) >= 11 is 0. The second kappa shape index (κ2) is 6.93. The highest BCUT2D eigenvalue weighted by atomic mass is 16.5. The number of hydrogen-bond acceptors (Lipinski definition) is 3. The molecule has 0 aromatic heterocycles. The van der Waals surface area contributed by atoms with Gasteiger partial charge in [0.25, 0.3) is 5.91 Å². The molecule has 23 heavy (non-hydrogen) atoms. The molecule has 0 atom stereocenters. The number of anilines is 3. The Morgan fingerprint density at radius 1 is 0.957 bits per heavy atom. The van der Waals surface area contributed by atoms with Crippen molar-refractivity contribution < 1.29 is 14.3 Å². The molecule has 1 aliphatic rings. The van der Waals surface area contributed by atoms with E-state index >= 15 is 0 Å². The third-order valence-electron chi connectivity index (χ3n) is 3.45. The molecule has 0 saturated carbocycles. The maximum atomic E-state index is 11.9. The van der Waals surface area contributed by atoms with E-state index in [1.165, 1.54) is 0 Å². The van der Waals surface area contributed by atoms with Gasteiger partial charge < -0.3 is 20.3 Å². The molecule has 6 nitrogen and oxygen atoms in total. The van der Waals surface area contributed by atoms with Crippen molar-refractivity contribution in [2.24, 2.45) is 0 Å². The van der Waals surface area contributed by atoms with Gasteiger partial charge >= 0.3 is 6.03 Å². The predicted octanol–water partition coefficient (Wildman–Crippen LogP) is 2.69. The number of amides is 3. The van der Waals surface area contributed by atoms with Crippen LogP contribution in [-0.4, -0.2) is 31.7 Å².